The highest BCUT2D eigenvalue weighted by molar-refractivity contribution is 7.09. The standard InChI is InChI=1S/C11H8N2O4S/c14-9-3-7(4-12-5-9)1-2-8-6-18-10(13-8)11(15,16)17/h3-6,14-17H. The SMILES string of the molecule is Oc1cncc(C#Cc2csc(C(O)(O)O)n2)c1. The quantitative estimate of drug-likeness (QED) is 0.417. The molecule has 0 aliphatic carbocycles. The lowest BCUT2D eigenvalue weighted by Gasteiger charge is -2.08. The molecule has 0 unspecified atom stereocenters. The van der Waals surface area contributed by atoms with Gasteiger partial charge in [0.1, 0.15) is 11.4 Å². The third kappa shape index (κ3) is 3.03. The van der Waals surface area contributed by atoms with Gasteiger partial charge in [0, 0.05) is 17.1 Å². The van der Waals surface area contributed by atoms with Gasteiger partial charge in [-0.2, -0.15) is 0 Å². The lowest BCUT2D eigenvalue weighted by Crippen LogP contribution is -2.23. The van der Waals surface area contributed by atoms with E-state index in [9.17, 15) is 5.11 Å². The van der Waals surface area contributed by atoms with E-state index in [0.29, 0.717) is 5.56 Å². The van der Waals surface area contributed by atoms with E-state index in [1.165, 1.54) is 23.8 Å². The number of pyridine rings is 1. The van der Waals surface area contributed by atoms with E-state index in [2.05, 4.69) is 21.8 Å². The molecule has 2 aromatic rings. The van der Waals surface area contributed by atoms with E-state index < -0.39 is 5.97 Å². The number of aliphatic hydroxyl groups is 3. The van der Waals surface area contributed by atoms with Crippen molar-refractivity contribution in [3.8, 4) is 17.6 Å². The van der Waals surface area contributed by atoms with Gasteiger partial charge in [-0.05, 0) is 12.0 Å². The summed E-state index contributed by atoms with van der Waals surface area (Å²) in [6.45, 7) is 0. The molecule has 2 rings (SSSR count). The molecule has 4 N–H and O–H groups in total. The number of hydrogen-bond acceptors (Lipinski definition) is 7. The van der Waals surface area contributed by atoms with Crippen molar-refractivity contribution in [2.24, 2.45) is 0 Å². The molecule has 0 aliphatic heterocycles. The molecule has 0 bridgehead atoms. The van der Waals surface area contributed by atoms with E-state index in [-0.39, 0.29) is 16.5 Å². The van der Waals surface area contributed by atoms with Gasteiger partial charge in [0.05, 0.1) is 6.20 Å². The van der Waals surface area contributed by atoms with Crippen LogP contribution in [-0.2, 0) is 5.97 Å². The van der Waals surface area contributed by atoms with Crippen LogP contribution in [0.2, 0.25) is 0 Å². The largest absolute Gasteiger partial charge is 0.506 e. The first kappa shape index (κ1) is 12.5. The summed E-state index contributed by atoms with van der Waals surface area (Å²) in [7, 11) is 0. The van der Waals surface area contributed by atoms with Gasteiger partial charge in [0.25, 0.3) is 0 Å². The summed E-state index contributed by atoms with van der Waals surface area (Å²) < 4.78 is 0. The topological polar surface area (TPSA) is 107 Å². The van der Waals surface area contributed by atoms with Gasteiger partial charge in [0.2, 0.25) is 0 Å². The van der Waals surface area contributed by atoms with Crippen LogP contribution in [0.1, 0.15) is 16.3 Å². The Labute approximate surface area is 106 Å². The number of aromatic nitrogens is 2. The summed E-state index contributed by atoms with van der Waals surface area (Å²) in [4.78, 5) is 7.48. The summed E-state index contributed by atoms with van der Waals surface area (Å²) in [5.41, 5.74) is 0.771. The molecule has 2 heterocycles. The number of rotatable bonds is 1. The monoisotopic (exact) mass is 264 g/mol. The van der Waals surface area contributed by atoms with Crippen LogP contribution in [0.25, 0.3) is 0 Å². The van der Waals surface area contributed by atoms with Crippen molar-refractivity contribution in [1.29, 1.82) is 0 Å². The third-order valence-corrected chi connectivity index (χ3v) is 2.78. The first-order valence-electron chi connectivity index (χ1n) is 4.74. The average molecular weight is 264 g/mol. The summed E-state index contributed by atoms with van der Waals surface area (Å²) in [6, 6.07) is 1.43. The maximum absolute atomic E-state index is 9.18. The molecule has 0 radical (unpaired) electrons. The van der Waals surface area contributed by atoms with Crippen LogP contribution in [-0.4, -0.2) is 30.4 Å². The Kier molecular flexibility index (Phi) is 3.27. The molecular formula is C11H8N2O4S. The van der Waals surface area contributed by atoms with Crippen LogP contribution in [0.4, 0.5) is 0 Å². The van der Waals surface area contributed by atoms with E-state index in [1.54, 1.807) is 0 Å². The van der Waals surface area contributed by atoms with Gasteiger partial charge < -0.3 is 20.4 Å². The molecule has 0 aromatic carbocycles. The van der Waals surface area contributed by atoms with Gasteiger partial charge in [-0.3, -0.25) is 4.98 Å². The predicted molar refractivity (Wildman–Crippen MR) is 62.3 cm³/mol. The van der Waals surface area contributed by atoms with Crippen LogP contribution in [0.3, 0.4) is 0 Å². The summed E-state index contributed by atoms with van der Waals surface area (Å²) in [5.74, 6) is 2.39. The van der Waals surface area contributed by atoms with Crippen LogP contribution in [0.5, 0.6) is 5.75 Å². The van der Waals surface area contributed by atoms with E-state index in [0.717, 1.165) is 11.3 Å². The van der Waals surface area contributed by atoms with Crippen molar-refractivity contribution < 1.29 is 20.4 Å². The van der Waals surface area contributed by atoms with Gasteiger partial charge in [0.15, 0.2) is 5.01 Å². The molecule has 0 aliphatic rings. The minimum Gasteiger partial charge on any atom is -0.506 e. The maximum Gasteiger partial charge on any atom is 0.332 e. The Morgan fingerprint density at radius 2 is 1.94 bits per heavy atom. The number of thiazole rings is 1. The summed E-state index contributed by atoms with van der Waals surface area (Å²) in [6.07, 6.45) is 2.75. The fourth-order valence-electron chi connectivity index (χ4n) is 1.12. The fourth-order valence-corrected chi connectivity index (χ4v) is 1.76. The molecule has 0 fully saturated rings. The predicted octanol–water partition coefficient (Wildman–Crippen LogP) is -0.269. The smallest absolute Gasteiger partial charge is 0.332 e. The Balaban J connectivity index is 2.23. The maximum atomic E-state index is 9.18. The lowest BCUT2D eigenvalue weighted by atomic mass is 10.3. The first-order valence-corrected chi connectivity index (χ1v) is 5.62. The molecule has 6 nitrogen and oxygen atoms in total. The third-order valence-electron chi connectivity index (χ3n) is 1.85. The van der Waals surface area contributed by atoms with Gasteiger partial charge in [-0.1, -0.05) is 5.92 Å². The molecule has 0 spiro atoms. The highest BCUT2D eigenvalue weighted by atomic mass is 32.1. The average Bonchev–Trinajstić information content (AvgIpc) is 2.74. The number of aromatic hydroxyl groups is 1. The molecule has 0 amide bonds. The molecule has 92 valence electrons. The van der Waals surface area contributed by atoms with Crippen molar-refractivity contribution in [2.45, 2.75) is 5.97 Å². The number of nitrogens with zero attached hydrogens (tertiary/aromatic N) is 2. The zero-order chi connectivity index (χ0) is 13.2. The lowest BCUT2D eigenvalue weighted by molar-refractivity contribution is -0.323. The van der Waals surface area contributed by atoms with Crippen LogP contribution in [0.15, 0.2) is 23.8 Å². The molecule has 7 heteroatoms. The van der Waals surface area contributed by atoms with E-state index in [1.807, 2.05) is 0 Å². The number of hydrogen-bond donors (Lipinski definition) is 4. The minimum atomic E-state index is -2.95. The highest BCUT2D eigenvalue weighted by Gasteiger charge is 2.25. The Bertz CT molecular complexity index is 622. The first-order chi connectivity index (χ1) is 8.45. The Morgan fingerprint density at radius 1 is 1.17 bits per heavy atom. The summed E-state index contributed by atoms with van der Waals surface area (Å²) >= 11 is 0.866. The van der Waals surface area contributed by atoms with Gasteiger partial charge in [-0.15, -0.1) is 11.3 Å². The minimum absolute atomic E-state index is 0.000795. The van der Waals surface area contributed by atoms with Crippen molar-refractivity contribution in [1.82, 2.24) is 9.97 Å². The van der Waals surface area contributed by atoms with E-state index in [4.69, 9.17) is 15.3 Å². The van der Waals surface area contributed by atoms with Crippen molar-refractivity contribution in [3.05, 3.63) is 40.1 Å². The second-order valence-corrected chi connectivity index (χ2v) is 4.21. The zero-order valence-electron chi connectivity index (χ0n) is 8.90. The van der Waals surface area contributed by atoms with Crippen molar-refractivity contribution >= 4 is 11.3 Å². The van der Waals surface area contributed by atoms with Gasteiger partial charge >= 0.3 is 5.97 Å². The van der Waals surface area contributed by atoms with Crippen LogP contribution >= 0.6 is 11.3 Å². The molecular weight excluding hydrogens is 256 g/mol. The van der Waals surface area contributed by atoms with E-state index >= 15 is 0 Å². The molecule has 18 heavy (non-hydrogen) atoms. The van der Waals surface area contributed by atoms with Crippen molar-refractivity contribution in [3.63, 3.8) is 0 Å². The second kappa shape index (κ2) is 4.72. The Morgan fingerprint density at radius 3 is 2.56 bits per heavy atom. The molecule has 0 atom stereocenters. The second-order valence-electron chi connectivity index (χ2n) is 3.36. The molecule has 2 aromatic heterocycles. The fraction of sp³-hybridized carbons (Fsp3) is 0.0909. The highest BCUT2D eigenvalue weighted by Crippen LogP contribution is 2.19. The molecule has 0 saturated heterocycles. The van der Waals surface area contributed by atoms with Crippen LogP contribution < -0.4 is 0 Å². The van der Waals surface area contributed by atoms with Crippen molar-refractivity contribution in [2.75, 3.05) is 0 Å². The van der Waals surface area contributed by atoms with Crippen LogP contribution in [0, 0.1) is 11.8 Å². The summed E-state index contributed by atoms with van der Waals surface area (Å²) in [5, 5.41) is 37.1. The Hall–Kier alpha value is -1.98. The van der Waals surface area contributed by atoms with Gasteiger partial charge in [-0.25, -0.2) is 4.98 Å². The normalized spacial score (nSPS) is 10.8. The molecule has 0 saturated carbocycles. The zero-order valence-corrected chi connectivity index (χ0v) is 9.72.